The van der Waals surface area contributed by atoms with E-state index >= 15 is 0 Å². The highest BCUT2D eigenvalue weighted by Crippen LogP contribution is 2.21. The third-order valence-corrected chi connectivity index (χ3v) is 4.11. The van der Waals surface area contributed by atoms with Crippen molar-refractivity contribution in [3.8, 4) is 0 Å². The van der Waals surface area contributed by atoms with Crippen molar-refractivity contribution >= 4 is 43.5 Å². The summed E-state index contributed by atoms with van der Waals surface area (Å²) in [6.45, 7) is 0.550. The molecule has 20 heavy (non-hydrogen) atoms. The maximum absolute atomic E-state index is 12.3. The molecule has 3 nitrogen and oxygen atoms in total. The fourth-order valence-electron chi connectivity index (χ4n) is 1.88. The summed E-state index contributed by atoms with van der Waals surface area (Å²) in [5.41, 5.74) is 8.02. The molecule has 5 heteroatoms. The molecule has 0 fully saturated rings. The van der Waals surface area contributed by atoms with E-state index in [4.69, 9.17) is 5.73 Å². The Bertz CT molecular complexity index is 644. The molecular weight excluding hydrogens is 384 g/mol. The van der Waals surface area contributed by atoms with Crippen LogP contribution in [0.2, 0.25) is 0 Å². The molecular formula is C15H14Br2N2O. The lowest BCUT2D eigenvalue weighted by molar-refractivity contribution is 0.0785. The lowest BCUT2D eigenvalue weighted by Gasteiger charge is -2.18. The number of halogens is 2. The van der Waals surface area contributed by atoms with Crippen molar-refractivity contribution in [1.29, 1.82) is 0 Å². The highest BCUT2D eigenvalue weighted by molar-refractivity contribution is 9.10. The number of carbonyl (C=O) groups is 1. The van der Waals surface area contributed by atoms with Gasteiger partial charge in [0.1, 0.15) is 0 Å². The molecule has 2 N–H and O–H groups in total. The lowest BCUT2D eigenvalue weighted by atomic mass is 10.1. The minimum Gasteiger partial charge on any atom is -0.398 e. The van der Waals surface area contributed by atoms with E-state index in [1.165, 1.54) is 0 Å². The zero-order valence-corrected chi connectivity index (χ0v) is 14.1. The van der Waals surface area contributed by atoms with Crippen molar-refractivity contribution in [2.24, 2.45) is 0 Å². The van der Waals surface area contributed by atoms with Crippen molar-refractivity contribution in [3.05, 3.63) is 62.5 Å². The van der Waals surface area contributed by atoms with Gasteiger partial charge >= 0.3 is 0 Å². The Morgan fingerprint density at radius 3 is 2.60 bits per heavy atom. The van der Waals surface area contributed by atoms with E-state index in [-0.39, 0.29) is 5.91 Å². The summed E-state index contributed by atoms with van der Waals surface area (Å²) in [5.74, 6) is -0.0517. The van der Waals surface area contributed by atoms with Crippen LogP contribution in [0.25, 0.3) is 0 Å². The van der Waals surface area contributed by atoms with Crippen LogP contribution in [0.15, 0.2) is 51.4 Å². The standard InChI is InChI=1S/C15H14Br2N2O/c1-19(9-10-3-2-4-12(16)7-10)15(20)11-5-6-13(17)14(18)8-11/h2-8H,9,18H2,1H3. The van der Waals surface area contributed by atoms with Gasteiger partial charge in [0.25, 0.3) is 5.91 Å². The molecule has 0 aromatic heterocycles. The van der Waals surface area contributed by atoms with Gasteiger partial charge in [-0.3, -0.25) is 4.79 Å². The van der Waals surface area contributed by atoms with Gasteiger partial charge in [0, 0.05) is 33.8 Å². The number of rotatable bonds is 3. The quantitative estimate of drug-likeness (QED) is 0.793. The summed E-state index contributed by atoms with van der Waals surface area (Å²) < 4.78 is 1.80. The fraction of sp³-hybridized carbons (Fsp3) is 0.133. The maximum atomic E-state index is 12.3. The lowest BCUT2D eigenvalue weighted by Crippen LogP contribution is -2.26. The van der Waals surface area contributed by atoms with Gasteiger partial charge in [-0.15, -0.1) is 0 Å². The molecule has 0 saturated heterocycles. The molecule has 0 bridgehead atoms. The van der Waals surface area contributed by atoms with Gasteiger partial charge < -0.3 is 10.6 Å². The SMILES string of the molecule is CN(Cc1cccc(Br)c1)C(=O)c1ccc(Br)c(N)c1. The van der Waals surface area contributed by atoms with Gasteiger partial charge in [-0.25, -0.2) is 0 Å². The Labute approximate surface area is 135 Å². The van der Waals surface area contributed by atoms with Gasteiger partial charge in [-0.05, 0) is 51.8 Å². The van der Waals surface area contributed by atoms with E-state index in [0.717, 1.165) is 14.5 Å². The molecule has 0 aliphatic heterocycles. The molecule has 2 aromatic carbocycles. The Balaban J connectivity index is 2.14. The summed E-state index contributed by atoms with van der Waals surface area (Å²) >= 11 is 6.75. The van der Waals surface area contributed by atoms with E-state index in [1.54, 1.807) is 30.1 Å². The topological polar surface area (TPSA) is 46.3 Å². The zero-order chi connectivity index (χ0) is 14.7. The van der Waals surface area contributed by atoms with Crippen LogP contribution in [-0.4, -0.2) is 17.9 Å². The molecule has 0 atom stereocenters. The summed E-state index contributed by atoms with van der Waals surface area (Å²) in [6, 6.07) is 13.1. The van der Waals surface area contributed by atoms with Crippen molar-refractivity contribution in [2.45, 2.75) is 6.54 Å². The Morgan fingerprint density at radius 2 is 1.95 bits per heavy atom. The number of carbonyl (C=O) groups excluding carboxylic acids is 1. The van der Waals surface area contributed by atoms with Crippen molar-refractivity contribution in [3.63, 3.8) is 0 Å². The largest absolute Gasteiger partial charge is 0.398 e. The summed E-state index contributed by atoms with van der Waals surface area (Å²) in [5, 5.41) is 0. The minimum atomic E-state index is -0.0517. The Morgan fingerprint density at radius 1 is 1.20 bits per heavy atom. The minimum absolute atomic E-state index is 0.0517. The number of nitrogens with zero attached hydrogens (tertiary/aromatic N) is 1. The van der Waals surface area contributed by atoms with E-state index < -0.39 is 0 Å². The second-order valence-electron chi connectivity index (χ2n) is 4.53. The second kappa shape index (κ2) is 6.41. The van der Waals surface area contributed by atoms with Crippen LogP contribution in [-0.2, 0) is 6.54 Å². The first kappa shape index (κ1) is 15.1. The zero-order valence-electron chi connectivity index (χ0n) is 10.9. The van der Waals surface area contributed by atoms with Crippen molar-refractivity contribution in [1.82, 2.24) is 4.90 Å². The first-order valence-electron chi connectivity index (χ1n) is 6.02. The average molecular weight is 398 g/mol. The van der Waals surface area contributed by atoms with Gasteiger partial charge in [-0.1, -0.05) is 28.1 Å². The number of benzene rings is 2. The fourth-order valence-corrected chi connectivity index (χ4v) is 2.57. The summed E-state index contributed by atoms with van der Waals surface area (Å²) in [6.07, 6.45) is 0. The Kier molecular flexibility index (Phi) is 4.83. The maximum Gasteiger partial charge on any atom is 0.253 e. The van der Waals surface area contributed by atoms with E-state index in [2.05, 4.69) is 31.9 Å². The Hall–Kier alpha value is -1.33. The molecule has 0 aliphatic rings. The number of hydrogen-bond donors (Lipinski definition) is 1. The molecule has 0 radical (unpaired) electrons. The van der Waals surface area contributed by atoms with Crippen LogP contribution >= 0.6 is 31.9 Å². The van der Waals surface area contributed by atoms with Crippen molar-refractivity contribution in [2.75, 3.05) is 12.8 Å². The summed E-state index contributed by atoms with van der Waals surface area (Å²) in [4.78, 5) is 14.0. The monoisotopic (exact) mass is 396 g/mol. The van der Waals surface area contributed by atoms with Crippen molar-refractivity contribution < 1.29 is 4.79 Å². The molecule has 0 unspecified atom stereocenters. The van der Waals surface area contributed by atoms with Crippen LogP contribution in [0.5, 0.6) is 0 Å². The first-order valence-corrected chi connectivity index (χ1v) is 7.61. The van der Waals surface area contributed by atoms with Gasteiger partial charge in [-0.2, -0.15) is 0 Å². The van der Waals surface area contributed by atoms with E-state index in [1.807, 2.05) is 24.3 Å². The highest BCUT2D eigenvalue weighted by Gasteiger charge is 2.13. The second-order valence-corrected chi connectivity index (χ2v) is 6.30. The average Bonchev–Trinajstić information content (AvgIpc) is 2.41. The molecule has 0 heterocycles. The molecule has 104 valence electrons. The van der Waals surface area contributed by atoms with Crippen LogP contribution in [0.1, 0.15) is 15.9 Å². The predicted octanol–water partition coefficient (Wildman–Crippen LogP) is 4.07. The number of nitrogen functional groups attached to an aromatic ring is 1. The number of hydrogen-bond acceptors (Lipinski definition) is 2. The number of anilines is 1. The van der Waals surface area contributed by atoms with Gasteiger partial charge in [0.2, 0.25) is 0 Å². The molecule has 2 rings (SSSR count). The van der Waals surface area contributed by atoms with Gasteiger partial charge in [0.05, 0.1) is 0 Å². The molecule has 0 spiro atoms. The highest BCUT2D eigenvalue weighted by atomic mass is 79.9. The molecule has 0 aliphatic carbocycles. The first-order chi connectivity index (χ1) is 9.47. The molecule has 1 amide bonds. The van der Waals surface area contributed by atoms with Crippen LogP contribution in [0, 0.1) is 0 Å². The van der Waals surface area contributed by atoms with E-state index in [9.17, 15) is 4.79 Å². The van der Waals surface area contributed by atoms with Crippen LogP contribution in [0.4, 0.5) is 5.69 Å². The molecule has 0 saturated carbocycles. The van der Waals surface area contributed by atoms with Gasteiger partial charge in [0.15, 0.2) is 0 Å². The summed E-state index contributed by atoms with van der Waals surface area (Å²) in [7, 11) is 1.78. The third kappa shape index (κ3) is 3.61. The van der Waals surface area contributed by atoms with Crippen LogP contribution < -0.4 is 5.73 Å². The third-order valence-electron chi connectivity index (χ3n) is 2.90. The normalized spacial score (nSPS) is 10.3. The predicted molar refractivity (Wildman–Crippen MR) is 88.5 cm³/mol. The van der Waals surface area contributed by atoms with E-state index in [0.29, 0.717) is 17.8 Å². The number of nitrogens with two attached hydrogens (primary N) is 1. The van der Waals surface area contributed by atoms with Crippen LogP contribution in [0.3, 0.4) is 0 Å². The number of amides is 1. The molecule has 2 aromatic rings. The smallest absolute Gasteiger partial charge is 0.253 e.